The highest BCUT2D eigenvalue weighted by molar-refractivity contribution is 5.73. The zero-order valence-corrected chi connectivity index (χ0v) is 10.6. The van der Waals surface area contributed by atoms with E-state index in [2.05, 4.69) is 11.9 Å². The summed E-state index contributed by atoms with van der Waals surface area (Å²) in [5, 5.41) is 0. The van der Waals surface area contributed by atoms with Crippen molar-refractivity contribution in [1.82, 2.24) is 4.98 Å². The van der Waals surface area contributed by atoms with Crippen LogP contribution in [0.2, 0.25) is 0 Å². The van der Waals surface area contributed by atoms with Crippen molar-refractivity contribution in [2.24, 2.45) is 0 Å². The van der Waals surface area contributed by atoms with Crippen molar-refractivity contribution in [3.63, 3.8) is 0 Å². The third-order valence-corrected chi connectivity index (χ3v) is 2.77. The quantitative estimate of drug-likeness (QED) is 0.816. The maximum absolute atomic E-state index is 5.85. The number of aromatic nitrogens is 1. The minimum absolute atomic E-state index is 0.553. The minimum atomic E-state index is 0.553. The summed E-state index contributed by atoms with van der Waals surface area (Å²) >= 11 is 0. The molecule has 0 aliphatic rings. The van der Waals surface area contributed by atoms with Gasteiger partial charge in [-0.25, -0.2) is 4.98 Å². The number of pyridine rings is 1. The molecular weight excluding hydrogens is 224 g/mol. The van der Waals surface area contributed by atoms with E-state index in [1.54, 1.807) is 6.20 Å². The molecule has 0 unspecified atom stereocenters. The molecule has 0 fully saturated rings. The molecule has 1 heterocycles. The van der Waals surface area contributed by atoms with Crippen molar-refractivity contribution in [2.75, 3.05) is 12.3 Å². The minimum Gasteiger partial charge on any atom is -0.494 e. The topological polar surface area (TPSA) is 48.1 Å². The Morgan fingerprint density at radius 3 is 2.61 bits per heavy atom. The lowest BCUT2D eigenvalue weighted by molar-refractivity contribution is 0.309. The zero-order chi connectivity index (χ0) is 12.8. The van der Waals surface area contributed by atoms with E-state index in [9.17, 15) is 0 Å². The number of nitrogens with two attached hydrogens (primary N) is 1. The fourth-order valence-electron chi connectivity index (χ4n) is 1.73. The van der Waals surface area contributed by atoms with Crippen LogP contribution in [-0.4, -0.2) is 11.6 Å². The molecule has 18 heavy (non-hydrogen) atoms. The second kappa shape index (κ2) is 6.05. The third-order valence-electron chi connectivity index (χ3n) is 2.77. The van der Waals surface area contributed by atoms with Crippen LogP contribution >= 0.6 is 0 Å². The van der Waals surface area contributed by atoms with Crippen molar-refractivity contribution in [3.05, 3.63) is 42.6 Å². The summed E-state index contributed by atoms with van der Waals surface area (Å²) < 4.78 is 5.62. The largest absolute Gasteiger partial charge is 0.494 e. The number of ether oxygens (including phenoxy) is 1. The highest BCUT2D eigenvalue weighted by atomic mass is 16.5. The first kappa shape index (κ1) is 12.4. The zero-order valence-electron chi connectivity index (χ0n) is 10.6. The van der Waals surface area contributed by atoms with Crippen molar-refractivity contribution in [1.29, 1.82) is 0 Å². The van der Waals surface area contributed by atoms with Crippen LogP contribution < -0.4 is 10.5 Å². The van der Waals surface area contributed by atoms with Gasteiger partial charge >= 0.3 is 0 Å². The summed E-state index contributed by atoms with van der Waals surface area (Å²) in [6.07, 6.45) is 3.92. The van der Waals surface area contributed by atoms with Gasteiger partial charge in [-0.15, -0.1) is 0 Å². The summed E-state index contributed by atoms with van der Waals surface area (Å²) in [6.45, 7) is 2.92. The number of rotatable bonds is 5. The van der Waals surface area contributed by atoms with Gasteiger partial charge in [-0.3, -0.25) is 0 Å². The summed E-state index contributed by atoms with van der Waals surface area (Å²) in [5.74, 6) is 1.45. The molecule has 0 atom stereocenters. The highest BCUT2D eigenvalue weighted by Gasteiger charge is 2.02. The van der Waals surface area contributed by atoms with Gasteiger partial charge in [-0.1, -0.05) is 25.5 Å². The summed E-state index contributed by atoms with van der Waals surface area (Å²) in [4.78, 5) is 4.09. The SMILES string of the molecule is CCCCOc1ccc(-c2cccnc2N)cc1. The fourth-order valence-corrected chi connectivity index (χ4v) is 1.73. The van der Waals surface area contributed by atoms with Crippen LogP contribution in [-0.2, 0) is 0 Å². The van der Waals surface area contributed by atoms with E-state index >= 15 is 0 Å². The Labute approximate surface area is 108 Å². The molecule has 3 heteroatoms. The average molecular weight is 242 g/mol. The molecule has 0 aliphatic heterocycles. The van der Waals surface area contributed by atoms with Gasteiger partial charge in [0.25, 0.3) is 0 Å². The van der Waals surface area contributed by atoms with E-state index < -0.39 is 0 Å². The summed E-state index contributed by atoms with van der Waals surface area (Å²) in [5.41, 5.74) is 7.86. The van der Waals surface area contributed by atoms with Gasteiger partial charge in [0, 0.05) is 11.8 Å². The number of hydrogen-bond acceptors (Lipinski definition) is 3. The Kier molecular flexibility index (Phi) is 4.18. The van der Waals surface area contributed by atoms with Gasteiger partial charge < -0.3 is 10.5 Å². The maximum Gasteiger partial charge on any atom is 0.131 e. The van der Waals surface area contributed by atoms with Crippen LogP contribution in [0.25, 0.3) is 11.1 Å². The highest BCUT2D eigenvalue weighted by Crippen LogP contribution is 2.25. The van der Waals surface area contributed by atoms with Crippen molar-refractivity contribution >= 4 is 5.82 Å². The Morgan fingerprint density at radius 2 is 1.94 bits per heavy atom. The van der Waals surface area contributed by atoms with Gasteiger partial charge in [0.2, 0.25) is 0 Å². The Balaban J connectivity index is 2.10. The van der Waals surface area contributed by atoms with Crippen molar-refractivity contribution in [3.8, 4) is 16.9 Å². The van der Waals surface area contributed by atoms with Crippen LogP contribution in [0, 0.1) is 0 Å². The number of nitrogen functional groups attached to an aromatic ring is 1. The average Bonchev–Trinajstić information content (AvgIpc) is 2.41. The standard InChI is InChI=1S/C15H18N2O/c1-2-3-11-18-13-8-6-12(7-9-13)14-5-4-10-17-15(14)16/h4-10H,2-3,11H2,1H3,(H2,16,17). The van der Waals surface area contributed by atoms with Crippen LogP contribution in [0.3, 0.4) is 0 Å². The van der Waals surface area contributed by atoms with Gasteiger partial charge in [-0.05, 0) is 36.2 Å². The molecule has 0 saturated carbocycles. The predicted molar refractivity (Wildman–Crippen MR) is 74.5 cm³/mol. The summed E-state index contributed by atoms with van der Waals surface area (Å²) in [7, 11) is 0. The number of nitrogens with zero attached hydrogens (tertiary/aromatic N) is 1. The first-order valence-corrected chi connectivity index (χ1v) is 6.25. The number of hydrogen-bond donors (Lipinski definition) is 1. The molecule has 3 nitrogen and oxygen atoms in total. The Hall–Kier alpha value is -2.03. The van der Waals surface area contributed by atoms with Crippen LogP contribution in [0.1, 0.15) is 19.8 Å². The van der Waals surface area contributed by atoms with E-state index in [4.69, 9.17) is 10.5 Å². The molecule has 0 bridgehead atoms. The van der Waals surface area contributed by atoms with E-state index in [1.807, 2.05) is 36.4 Å². The van der Waals surface area contributed by atoms with E-state index in [1.165, 1.54) is 0 Å². The summed E-state index contributed by atoms with van der Waals surface area (Å²) in [6, 6.07) is 11.8. The Morgan fingerprint density at radius 1 is 1.17 bits per heavy atom. The molecule has 0 saturated heterocycles. The van der Waals surface area contributed by atoms with E-state index in [-0.39, 0.29) is 0 Å². The molecule has 2 rings (SSSR count). The van der Waals surface area contributed by atoms with Gasteiger partial charge in [0.05, 0.1) is 6.61 Å². The first-order valence-electron chi connectivity index (χ1n) is 6.25. The smallest absolute Gasteiger partial charge is 0.131 e. The second-order valence-electron chi connectivity index (χ2n) is 4.16. The number of anilines is 1. The van der Waals surface area contributed by atoms with Crippen molar-refractivity contribution < 1.29 is 4.74 Å². The van der Waals surface area contributed by atoms with Crippen LogP contribution in [0.5, 0.6) is 5.75 Å². The van der Waals surface area contributed by atoms with E-state index in [0.29, 0.717) is 5.82 Å². The van der Waals surface area contributed by atoms with Crippen LogP contribution in [0.15, 0.2) is 42.6 Å². The molecule has 0 amide bonds. The number of benzene rings is 1. The lowest BCUT2D eigenvalue weighted by Crippen LogP contribution is -1.96. The van der Waals surface area contributed by atoms with Crippen LogP contribution in [0.4, 0.5) is 5.82 Å². The lowest BCUT2D eigenvalue weighted by atomic mass is 10.1. The first-order chi connectivity index (χ1) is 8.81. The molecule has 1 aromatic carbocycles. The normalized spacial score (nSPS) is 10.3. The molecule has 0 spiro atoms. The fraction of sp³-hybridized carbons (Fsp3) is 0.267. The van der Waals surface area contributed by atoms with Crippen molar-refractivity contribution in [2.45, 2.75) is 19.8 Å². The third kappa shape index (κ3) is 3.00. The molecule has 0 radical (unpaired) electrons. The molecular formula is C15H18N2O. The Bertz CT molecular complexity index is 494. The predicted octanol–water partition coefficient (Wildman–Crippen LogP) is 3.51. The van der Waals surface area contributed by atoms with E-state index in [0.717, 1.165) is 36.3 Å². The monoisotopic (exact) mass is 242 g/mol. The molecule has 0 aliphatic carbocycles. The molecule has 94 valence electrons. The second-order valence-corrected chi connectivity index (χ2v) is 4.16. The lowest BCUT2D eigenvalue weighted by Gasteiger charge is -2.07. The van der Waals surface area contributed by atoms with Gasteiger partial charge in [0.1, 0.15) is 11.6 Å². The molecule has 2 N–H and O–H groups in total. The van der Waals surface area contributed by atoms with Gasteiger partial charge in [0.15, 0.2) is 0 Å². The molecule has 2 aromatic rings. The maximum atomic E-state index is 5.85. The van der Waals surface area contributed by atoms with Gasteiger partial charge in [-0.2, -0.15) is 0 Å². The molecule has 1 aromatic heterocycles. The number of unbranched alkanes of at least 4 members (excludes halogenated alkanes) is 1.